The second kappa shape index (κ2) is 17.1. The summed E-state index contributed by atoms with van der Waals surface area (Å²) in [5.74, 6) is 1.18. The highest BCUT2D eigenvalue weighted by Crippen LogP contribution is 2.41. The van der Waals surface area contributed by atoms with Crippen LogP contribution >= 0.6 is 0 Å². The number of benzene rings is 3. The van der Waals surface area contributed by atoms with Crippen molar-refractivity contribution in [1.82, 2.24) is 25.3 Å². The molecule has 1 unspecified atom stereocenters. The molecule has 0 aliphatic carbocycles. The van der Waals surface area contributed by atoms with Crippen LogP contribution in [0.25, 0.3) is 11.3 Å². The van der Waals surface area contributed by atoms with Crippen LogP contribution in [0.15, 0.2) is 91.1 Å². The predicted molar refractivity (Wildman–Crippen MR) is 229 cm³/mol. The largest absolute Gasteiger partial charge is 0.507 e. The summed E-state index contributed by atoms with van der Waals surface area (Å²) in [6.45, 7) is 7.55. The molecule has 3 amide bonds. The SMILES string of the molecule is O=C1CC[C@H](c2ccc(N3CCC(CN4CCCC4C4CCN(C(=O)C5(c6ccccc6)CCN(c6cnnc(-c7ccccc7O)c6)CC5)CC4)CC3)cc2)C(=O)N1. The van der Waals surface area contributed by atoms with Crippen LogP contribution in [0, 0.1) is 11.8 Å². The maximum Gasteiger partial charge on any atom is 0.234 e. The minimum atomic E-state index is -0.560. The van der Waals surface area contributed by atoms with Gasteiger partial charge < -0.3 is 19.8 Å². The Bertz CT molecular complexity index is 2110. The van der Waals surface area contributed by atoms with E-state index >= 15 is 0 Å². The molecule has 5 aliphatic rings. The number of phenolic OH excluding ortho intramolecular Hbond substituents is 1. The fourth-order valence-electron chi connectivity index (χ4n) is 10.9. The highest BCUT2D eigenvalue weighted by molar-refractivity contribution is 6.01. The lowest BCUT2D eigenvalue weighted by molar-refractivity contribution is -0.140. The normalized spacial score (nSPS) is 23.4. The van der Waals surface area contributed by atoms with Gasteiger partial charge in [0.1, 0.15) is 5.75 Å². The van der Waals surface area contributed by atoms with Crippen molar-refractivity contribution < 1.29 is 19.5 Å². The van der Waals surface area contributed by atoms with E-state index in [-0.39, 0.29) is 29.4 Å². The second-order valence-electron chi connectivity index (χ2n) is 17.6. The Kier molecular flexibility index (Phi) is 11.4. The average Bonchev–Trinajstić information content (AvgIpc) is 3.75. The van der Waals surface area contributed by atoms with E-state index in [4.69, 9.17) is 0 Å². The minimum Gasteiger partial charge on any atom is -0.507 e. The number of para-hydroxylation sites is 1. The van der Waals surface area contributed by atoms with Crippen LogP contribution in [-0.2, 0) is 19.8 Å². The zero-order chi connectivity index (χ0) is 40.3. The molecule has 0 spiro atoms. The van der Waals surface area contributed by atoms with Gasteiger partial charge in [-0.2, -0.15) is 10.2 Å². The zero-order valence-corrected chi connectivity index (χ0v) is 34.1. The summed E-state index contributed by atoms with van der Waals surface area (Å²) >= 11 is 0. The third kappa shape index (κ3) is 8.18. The van der Waals surface area contributed by atoms with Crippen LogP contribution < -0.4 is 15.1 Å². The highest BCUT2D eigenvalue weighted by Gasteiger charge is 2.46. The molecular weight excluding hydrogens is 739 g/mol. The lowest BCUT2D eigenvalue weighted by Crippen LogP contribution is -2.55. The number of hydrogen-bond acceptors (Lipinski definition) is 9. The molecule has 11 nitrogen and oxygen atoms in total. The molecule has 11 heteroatoms. The average molecular weight is 796 g/mol. The molecule has 5 aliphatic heterocycles. The Morgan fingerprint density at radius 3 is 2.20 bits per heavy atom. The van der Waals surface area contributed by atoms with E-state index in [0.29, 0.717) is 42.0 Å². The number of hydrogen-bond donors (Lipinski definition) is 2. The number of carbonyl (C=O) groups is 3. The number of imide groups is 1. The van der Waals surface area contributed by atoms with Crippen LogP contribution in [0.2, 0.25) is 0 Å². The van der Waals surface area contributed by atoms with Gasteiger partial charge in [0, 0.05) is 69.5 Å². The van der Waals surface area contributed by atoms with Crippen molar-refractivity contribution >= 4 is 29.1 Å². The molecule has 4 aromatic rings. The molecule has 0 radical (unpaired) electrons. The first-order chi connectivity index (χ1) is 28.8. The van der Waals surface area contributed by atoms with Gasteiger partial charge in [0.25, 0.3) is 0 Å². The van der Waals surface area contributed by atoms with E-state index in [1.54, 1.807) is 18.3 Å². The number of piperidine rings is 4. The van der Waals surface area contributed by atoms with Crippen molar-refractivity contribution in [3.8, 4) is 17.0 Å². The predicted octanol–water partition coefficient (Wildman–Crippen LogP) is 6.53. The Labute approximate surface area is 347 Å². The van der Waals surface area contributed by atoms with E-state index in [9.17, 15) is 19.5 Å². The third-order valence-corrected chi connectivity index (χ3v) is 14.3. The van der Waals surface area contributed by atoms with Gasteiger partial charge in [0.2, 0.25) is 17.7 Å². The van der Waals surface area contributed by atoms with E-state index in [0.717, 1.165) is 81.8 Å². The molecule has 3 aromatic carbocycles. The first-order valence-corrected chi connectivity index (χ1v) is 22.0. The topological polar surface area (TPSA) is 122 Å². The van der Waals surface area contributed by atoms with Crippen molar-refractivity contribution in [2.24, 2.45) is 11.8 Å². The molecule has 59 heavy (non-hydrogen) atoms. The molecule has 2 atom stereocenters. The second-order valence-corrected chi connectivity index (χ2v) is 17.6. The number of aromatic nitrogens is 2. The lowest BCUT2D eigenvalue weighted by Gasteiger charge is -2.46. The number of phenols is 1. The van der Waals surface area contributed by atoms with Crippen molar-refractivity contribution in [2.45, 2.75) is 81.6 Å². The van der Waals surface area contributed by atoms with E-state index in [1.165, 1.54) is 44.5 Å². The number of anilines is 2. The summed E-state index contributed by atoms with van der Waals surface area (Å²) in [6, 6.07) is 28.7. The lowest BCUT2D eigenvalue weighted by atomic mass is 9.71. The van der Waals surface area contributed by atoms with Gasteiger partial charge in [-0.25, -0.2) is 0 Å². The number of likely N-dealkylation sites (tertiary alicyclic amines) is 2. The van der Waals surface area contributed by atoms with Crippen LogP contribution in [-0.4, -0.2) is 101 Å². The molecule has 2 N–H and O–H groups in total. The fraction of sp³-hybridized carbons (Fsp3) is 0.479. The Morgan fingerprint density at radius 2 is 1.47 bits per heavy atom. The first-order valence-electron chi connectivity index (χ1n) is 22.0. The van der Waals surface area contributed by atoms with Gasteiger partial charge in [0.15, 0.2) is 0 Å². The van der Waals surface area contributed by atoms with Gasteiger partial charge in [0.05, 0.1) is 28.9 Å². The van der Waals surface area contributed by atoms with Crippen LogP contribution in [0.3, 0.4) is 0 Å². The fourth-order valence-corrected chi connectivity index (χ4v) is 10.9. The molecule has 9 rings (SSSR count). The highest BCUT2D eigenvalue weighted by atomic mass is 16.3. The molecule has 1 aromatic heterocycles. The molecule has 6 heterocycles. The quantitative estimate of drug-likeness (QED) is 0.182. The smallest absolute Gasteiger partial charge is 0.234 e. The van der Waals surface area contributed by atoms with Gasteiger partial charge in [-0.3, -0.25) is 24.6 Å². The van der Waals surface area contributed by atoms with Crippen molar-refractivity contribution in [1.29, 1.82) is 0 Å². The van der Waals surface area contributed by atoms with E-state index in [1.807, 2.05) is 24.3 Å². The van der Waals surface area contributed by atoms with Gasteiger partial charge in [-0.15, -0.1) is 0 Å². The number of nitrogens with one attached hydrogen (secondary N) is 1. The first kappa shape index (κ1) is 39.2. The molecular formula is C48H57N7O4. The van der Waals surface area contributed by atoms with Crippen molar-refractivity contribution in [2.75, 3.05) is 62.2 Å². The Balaban J connectivity index is 0.787. The standard InChI is InChI=1S/C48H57N7O4/c56-44-11-5-4-9-41(44)42-31-39(32-49-51-42)53-29-22-48(23-30-53,37-7-2-1-3-8-37)47(59)54-27-20-36(21-28-54)43-10-6-24-55(43)33-34-18-25-52(26-19-34)38-14-12-35(13-15-38)40-16-17-45(57)50-46(40)58/h1-5,7-9,11-15,31-32,34,36,40,43,56H,6,10,16-30,33H2,(H,50,57,58)/t40-,43?/m1/s1. The van der Waals surface area contributed by atoms with Crippen molar-refractivity contribution in [3.63, 3.8) is 0 Å². The summed E-state index contributed by atoms with van der Waals surface area (Å²) in [6.07, 6.45) is 11.2. The van der Waals surface area contributed by atoms with E-state index < -0.39 is 5.41 Å². The number of aromatic hydroxyl groups is 1. The van der Waals surface area contributed by atoms with Crippen LogP contribution in [0.4, 0.5) is 11.4 Å². The molecule has 308 valence electrons. The van der Waals surface area contributed by atoms with Crippen molar-refractivity contribution in [3.05, 3.63) is 102 Å². The molecule has 5 saturated heterocycles. The maximum absolute atomic E-state index is 14.8. The summed E-state index contributed by atoms with van der Waals surface area (Å²) in [7, 11) is 0. The minimum absolute atomic E-state index is 0.174. The van der Waals surface area contributed by atoms with Gasteiger partial charge in [-0.1, -0.05) is 54.6 Å². The Morgan fingerprint density at radius 1 is 0.763 bits per heavy atom. The number of rotatable bonds is 9. The monoisotopic (exact) mass is 795 g/mol. The number of nitrogens with zero attached hydrogens (tertiary/aromatic N) is 6. The van der Waals surface area contributed by atoms with Gasteiger partial charge >= 0.3 is 0 Å². The van der Waals surface area contributed by atoms with Crippen LogP contribution in [0.1, 0.15) is 81.3 Å². The summed E-state index contributed by atoms with van der Waals surface area (Å²) in [5, 5.41) is 21.5. The zero-order valence-electron chi connectivity index (χ0n) is 34.1. The van der Waals surface area contributed by atoms with E-state index in [2.05, 4.69) is 83.6 Å². The summed E-state index contributed by atoms with van der Waals surface area (Å²) in [4.78, 5) is 48.6. The third-order valence-electron chi connectivity index (χ3n) is 14.3. The molecule has 0 bridgehead atoms. The molecule has 5 fully saturated rings. The van der Waals surface area contributed by atoms with Crippen LogP contribution in [0.5, 0.6) is 5.75 Å². The maximum atomic E-state index is 14.8. The summed E-state index contributed by atoms with van der Waals surface area (Å²) < 4.78 is 0. The summed E-state index contributed by atoms with van der Waals surface area (Å²) in [5.41, 5.74) is 5.01. The molecule has 0 saturated carbocycles. The Hall–Kier alpha value is -5.29. The number of amides is 3. The van der Waals surface area contributed by atoms with Gasteiger partial charge in [-0.05, 0) is 118 Å². The number of carbonyl (C=O) groups excluding carboxylic acids is 3.